The lowest BCUT2D eigenvalue weighted by Crippen LogP contribution is -2.41. The Bertz CT molecular complexity index is 2550. The molecule has 0 radical (unpaired) electrons. The molecule has 3 aliphatic rings. The van der Waals surface area contributed by atoms with Crippen molar-refractivity contribution in [3.63, 3.8) is 0 Å². The second-order valence-corrected chi connectivity index (χ2v) is 15.9. The highest BCUT2D eigenvalue weighted by atomic mass is 16.7. The van der Waals surface area contributed by atoms with E-state index in [0.29, 0.717) is 0 Å². The molecule has 1 saturated heterocycles. The van der Waals surface area contributed by atoms with Gasteiger partial charge in [0.1, 0.15) is 0 Å². The molecule has 50 heavy (non-hydrogen) atoms. The molecular formula is C47H39BO2. The predicted octanol–water partition coefficient (Wildman–Crippen LogP) is 11.6. The fourth-order valence-electron chi connectivity index (χ4n) is 9.03. The van der Waals surface area contributed by atoms with E-state index in [1.807, 2.05) is 0 Å². The molecular weight excluding hydrogens is 607 g/mol. The SMILES string of the molecule is CC1(C)c2cc(B3OC(C)(C)C(C)(C)O3)ccc2-c2c1cc1c3c(cccc23)-c2c-1c(-c1ccccc1)c1ccccc1c2-c1ccccc1. The largest absolute Gasteiger partial charge is 0.494 e. The minimum atomic E-state index is -0.396. The lowest BCUT2D eigenvalue weighted by Gasteiger charge is -2.32. The van der Waals surface area contributed by atoms with Crippen LogP contribution >= 0.6 is 0 Å². The van der Waals surface area contributed by atoms with Crippen molar-refractivity contribution in [1.82, 2.24) is 0 Å². The Morgan fingerprint density at radius 2 is 0.960 bits per heavy atom. The van der Waals surface area contributed by atoms with Gasteiger partial charge in [-0.2, -0.15) is 0 Å². The standard InChI is InChI=1S/C47H39BO2/c1-45(2)37-26-30(48-49-46(3,4)47(5,6)50-48)24-25-33(37)42-34-22-15-23-35-41(34)36(27-38(42)45)44-40(29-18-11-8-12-19-29)32-21-14-13-20-31(32)39(43(35)44)28-16-9-7-10-17-28/h7-27H,1-6H3. The smallest absolute Gasteiger partial charge is 0.399 e. The zero-order chi connectivity index (χ0) is 34.2. The normalized spacial score (nSPS) is 17.3. The molecule has 0 N–H and O–H groups in total. The van der Waals surface area contributed by atoms with Crippen LogP contribution in [0.2, 0.25) is 0 Å². The molecule has 1 aliphatic heterocycles. The lowest BCUT2D eigenvalue weighted by molar-refractivity contribution is 0.00578. The fourth-order valence-corrected chi connectivity index (χ4v) is 9.03. The highest BCUT2D eigenvalue weighted by molar-refractivity contribution is 6.62. The summed E-state index contributed by atoms with van der Waals surface area (Å²) in [6.07, 6.45) is 0. The quantitative estimate of drug-likeness (QED) is 0.178. The molecule has 2 nitrogen and oxygen atoms in total. The van der Waals surface area contributed by atoms with Crippen LogP contribution in [0.3, 0.4) is 0 Å². The molecule has 7 aromatic carbocycles. The van der Waals surface area contributed by atoms with E-state index in [2.05, 4.69) is 169 Å². The van der Waals surface area contributed by atoms with Crippen molar-refractivity contribution in [1.29, 1.82) is 0 Å². The first-order valence-electron chi connectivity index (χ1n) is 17.9. The Morgan fingerprint density at radius 3 is 1.56 bits per heavy atom. The van der Waals surface area contributed by atoms with Gasteiger partial charge in [0, 0.05) is 5.41 Å². The number of hydrogen-bond donors (Lipinski definition) is 0. The van der Waals surface area contributed by atoms with Crippen molar-refractivity contribution in [2.45, 2.75) is 58.2 Å². The van der Waals surface area contributed by atoms with Gasteiger partial charge in [-0.3, -0.25) is 0 Å². The first-order chi connectivity index (χ1) is 24.1. The maximum absolute atomic E-state index is 6.52. The van der Waals surface area contributed by atoms with Gasteiger partial charge in [-0.1, -0.05) is 135 Å². The predicted molar refractivity (Wildman–Crippen MR) is 210 cm³/mol. The summed E-state index contributed by atoms with van der Waals surface area (Å²) in [5.41, 5.74) is 15.9. The van der Waals surface area contributed by atoms with E-state index in [9.17, 15) is 0 Å². The van der Waals surface area contributed by atoms with Gasteiger partial charge < -0.3 is 9.31 Å². The van der Waals surface area contributed by atoms with Crippen molar-refractivity contribution >= 4 is 34.1 Å². The van der Waals surface area contributed by atoms with Gasteiger partial charge >= 0.3 is 7.12 Å². The molecule has 0 spiro atoms. The maximum Gasteiger partial charge on any atom is 0.494 e. The fraction of sp³-hybridized carbons (Fsp3) is 0.191. The average Bonchev–Trinajstić information content (AvgIpc) is 3.65. The molecule has 1 heterocycles. The third-order valence-corrected chi connectivity index (χ3v) is 12.2. The van der Waals surface area contributed by atoms with Gasteiger partial charge in [-0.25, -0.2) is 0 Å². The first-order valence-corrected chi connectivity index (χ1v) is 17.9. The Kier molecular flexibility index (Phi) is 6.02. The molecule has 0 amide bonds. The molecule has 3 heteroatoms. The lowest BCUT2D eigenvalue weighted by atomic mass is 9.74. The van der Waals surface area contributed by atoms with E-state index in [0.717, 1.165) is 5.46 Å². The molecule has 242 valence electrons. The van der Waals surface area contributed by atoms with E-state index in [1.165, 1.54) is 88.3 Å². The van der Waals surface area contributed by atoms with Crippen LogP contribution in [0.15, 0.2) is 127 Å². The maximum atomic E-state index is 6.52. The number of fused-ring (bicyclic) bond motifs is 8. The van der Waals surface area contributed by atoms with Crippen LogP contribution in [-0.2, 0) is 14.7 Å². The van der Waals surface area contributed by atoms with Gasteiger partial charge in [0.15, 0.2) is 0 Å². The summed E-state index contributed by atoms with van der Waals surface area (Å²) in [6.45, 7) is 13.3. The van der Waals surface area contributed by atoms with E-state index in [4.69, 9.17) is 9.31 Å². The van der Waals surface area contributed by atoms with Crippen LogP contribution in [-0.4, -0.2) is 18.3 Å². The minimum Gasteiger partial charge on any atom is -0.399 e. The zero-order valence-electron chi connectivity index (χ0n) is 29.5. The molecule has 0 unspecified atom stereocenters. The number of benzene rings is 7. The van der Waals surface area contributed by atoms with Crippen LogP contribution < -0.4 is 5.46 Å². The van der Waals surface area contributed by atoms with Crippen molar-refractivity contribution in [3.8, 4) is 55.6 Å². The second-order valence-electron chi connectivity index (χ2n) is 15.9. The molecule has 0 atom stereocenters. The van der Waals surface area contributed by atoms with Crippen LogP contribution in [0.5, 0.6) is 0 Å². The number of rotatable bonds is 3. The van der Waals surface area contributed by atoms with Gasteiger partial charge in [0.25, 0.3) is 0 Å². The van der Waals surface area contributed by atoms with Gasteiger partial charge in [-0.05, 0) is 128 Å². The zero-order valence-corrected chi connectivity index (χ0v) is 29.5. The summed E-state index contributed by atoms with van der Waals surface area (Å²) < 4.78 is 13.0. The molecule has 0 aromatic heterocycles. The van der Waals surface area contributed by atoms with E-state index in [1.54, 1.807) is 0 Å². The molecule has 1 fully saturated rings. The molecule has 7 aromatic rings. The molecule has 2 aliphatic carbocycles. The van der Waals surface area contributed by atoms with Gasteiger partial charge in [0.05, 0.1) is 11.2 Å². The van der Waals surface area contributed by atoms with Crippen LogP contribution in [0.1, 0.15) is 52.7 Å². The summed E-state index contributed by atoms with van der Waals surface area (Å²) in [5.74, 6) is 0. The van der Waals surface area contributed by atoms with Crippen molar-refractivity contribution in [2.24, 2.45) is 0 Å². The highest BCUT2D eigenvalue weighted by Gasteiger charge is 2.52. The Morgan fingerprint density at radius 1 is 0.420 bits per heavy atom. The summed E-state index contributed by atoms with van der Waals surface area (Å²) in [4.78, 5) is 0. The summed E-state index contributed by atoms with van der Waals surface area (Å²) >= 11 is 0. The Hall–Kier alpha value is -4.96. The molecule has 10 rings (SSSR count). The summed E-state index contributed by atoms with van der Waals surface area (Å²) in [7, 11) is -0.396. The van der Waals surface area contributed by atoms with Crippen molar-refractivity contribution in [3.05, 3.63) is 139 Å². The van der Waals surface area contributed by atoms with Crippen molar-refractivity contribution in [2.75, 3.05) is 0 Å². The molecule has 0 bridgehead atoms. The topological polar surface area (TPSA) is 18.5 Å². The monoisotopic (exact) mass is 646 g/mol. The van der Waals surface area contributed by atoms with Gasteiger partial charge in [0.2, 0.25) is 0 Å². The summed E-state index contributed by atoms with van der Waals surface area (Å²) in [5, 5.41) is 5.25. The Labute approximate surface area is 294 Å². The van der Waals surface area contributed by atoms with E-state index in [-0.39, 0.29) is 16.6 Å². The van der Waals surface area contributed by atoms with Crippen LogP contribution in [0, 0.1) is 0 Å². The summed E-state index contributed by atoms with van der Waals surface area (Å²) in [6, 6.07) is 47.4. The van der Waals surface area contributed by atoms with E-state index >= 15 is 0 Å². The van der Waals surface area contributed by atoms with Crippen molar-refractivity contribution < 1.29 is 9.31 Å². The third-order valence-electron chi connectivity index (χ3n) is 12.2. The first kappa shape index (κ1) is 29.9. The second kappa shape index (κ2) is 10.1. The van der Waals surface area contributed by atoms with E-state index < -0.39 is 7.12 Å². The molecule has 0 saturated carbocycles. The number of hydrogen-bond acceptors (Lipinski definition) is 2. The van der Waals surface area contributed by atoms with Crippen LogP contribution in [0.25, 0.3) is 77.2 Å². The Balaban J connectivity index is 1.28. The average molecular weight is 647 g/mol. The highest BCUT2D eigenvalue weighted by Crippen LogP contribution is 2.61. The van der Waals surface area contributed by atoms with Gasteiger partial charge in [-0.15, -0.1) is 0 Å². The van der Waals surface area contributed by atoms with Crippen LogP contribution in [0.4, 0.5) is 0 Å². The minimum absolute atomic E-state index is 0.222. The third kappa shape index (κ3) is 3.88.